The highest BCUT2D eigenvalue weighted by Crippen LogP contribution is 2.29. The molecule has 0 aliphatic heterocycles. The van der Waals surface area contributed by atoms with E-state index in [1.165, 1.54) is 0 Å². The molecule has 0 atom stereocenters. The number of H-pyrrole nitrogens is 1. The van der Waals surface area contributed by atoms with Gasteiger partial charge in [0.1, 0.15) is 5.56 Å². The minimum Gasteiger partial charge on any atom is -0.365 e. The molecule has 0 bridgehead atoms. The number of anilines is 3. The number of benzene rings is 2. The zero-order chi connectivity index (χ0) is 20.3. The van der Waals surface area contributed by atoms with Crippen LogP contribution in [0.2, 0.25) is 0 Å². The first kappa shape index (κ1) is 19.4. The number of primary amides is 1. The first-order valence-electron chi connectivity index (χ1n) is 8.60. The average molecular weight is 399 g/mol. The number of aromatic amines is 1. The Balaban J connectivity index is 1.90. The second-order valence-electron chi connectivity index (χ2n) is 6.45. The van der Waals surface area contributed by atoms with E-state index < -0.39 is 21.2 Å². The summed E-state index contributed by atoms with van der Waals surface area (Å²) in [4.78, 5) is 12.0. The van der Waals surface area contributed by atoms with Crippen molar-refractivity contribution in [2.45, 2.75) is 19.1 Å². The van der Waals surface area contributed by atoms with Crippen LogP contribution < -0.4 is 15.8 Å². The van der Waals surface area contributed by atoms with Crippen molar-refractivity contribution in [1.29, 1.82) is 0 Å². The third kappa shape index (κ3) is 4.15. The van der Waals surface area contributed by atoms with E-state index in [0.717, 1.165) is 5.69 Å². The Hall–Kier alpha value is -3.33. The van der Waals surface area contributed by atoms with Gasteiger partial charge in [-0.25, -0.2) is 8.42 Å². The number of nitrogens with two attached hydrogens (primary N) is 1. The number of hydrogen-bond acceptors (Lipinski definition) is 5. The highest BCUT2D eigenvalue weighted by Gasteiger charge is 2.20. The molecule has 0 spiro atoms. The summed E-state index contributed by atoms with van der Waals surface area (Å²) in [6, 6.07) is 15.9. The van der Waals surface area contributed by atoms with Crippen LogP contribution in [0.3, 0.4) is 0 Å². The standard InChI is InChI=1S/C19H21N5O3S/c1-12(2)28(26,27)24-15-10-8-13(9-11-15)17-16(18(20)25)19(23-22-17)21-14-6-4-3-5-7-14/h3-12,24H,1-2H3,(H2,20,25)(H2,21,22,23). The lowest BCUT2D eigenvalue weighted by Crippen LogP contribution is -2.22. The lowest BCUT2D eigenvalue weighted by atomic mass is 10.1. The molecule has 5 N–H and O–H groups in total. The molecule has 3 aromatic rings. The van der Waals surface area contributed by atoms with Crippen molar-refractivity contribution in [2.24, 2.45) is 5.73 Å². The smallest absolute Gasteiger partial charge is 0.254 e. The molecule has 0 unspecified atom stereocenters. The second-order valence-corrected chi connectivity index (χ2v) is 8.69. The molecule has 146 valence electrons. The van der Waals surface area contributed by atoms with Crippen molar-refractivity contribution in [2.75, 3.05) is 10.0 Å². The van der Waals surface area contributed by atoms with Gasteiger partial charge >= 0.3 is 0 Å². The molecule has 0 radical (unpaired) electrons. The number of carbonyl (C=O) groups excluding carboxylic acids is 1. The van der Waals surface area contributed by atoms with E-state index in [0.29, 0.717) is 22.8 Å². The molecular formula is C19H21N5O3S. The zero-order valence-corrected chi connectivity index (χ0v) is 16.2. The molecule has 0 saturated carbocycles. The quantitative estimate of drug-likeness (QED) is 0.485. The molecule has 2 aromatic carbocycles. The number of nitrogens with one attached hydrogen (secondary N) is 3. The molecule has 0 aliphatic rings. The van der Waals surface area contributed by atoms with Crippen molar-refractivity contribution in [1.82, 2.24) is 10.2 Å². The maximum absolute atomic E-state index is 12.0. The normalized spacial score (nSPS) is 11.4. The first-order valence-corrected chi connectivity index (χ1v) is 10.1. The van der Waals surface area contributed by atoms with Crippen LogP contribution in [0.4, 0.5) is 17.2 Å². The van der Waals surface area contributed by atoms with E-state index in [9.17, 15) is 13.2 Å². The van der Waals surface area contributed by atoms with Crippen LogP contribution in [0.5, 0.6) is 0 Å². The molecule has 8 nitrogen and oxygen atoms in total. The van der Waals surface area contributed by atoms with Crippen molar-refractivity contribution < 1.29 is 13.2 Å². The summed E-state index contributed by atoms with van der Waals surface area (Å²) in [5.41, 5.74) is 8.08. The maximum Gasteiger partial charge on any atom is 0.254 e. The zero-order valence-electron chi connectivity index (χ0n) is 15.4. The first-order chi connectivity index (χ1) is 13.3. The van der Waals surface area contributed by atoms with Gasteiger partial charge in [0.25, 0.3) is 5.91 Å². The number of aromatic nitrogens is 2. The van der Waals surface area contributed by atoms with E-state index in [-0.39, 0.29) is 5.56 Å². The Morgan fingerprint density at radius 2 is 1.68 bits per heavy atom. The predicted molar refractivity (Wildman–Crippen MR) is 110 cm³/mol. The average Bonchev–Trinajstić information content (AvgIpc) is 3.06. The fraction of sp³-hybridized carbons (Fsp3) is 0.158. The van der Waals surface area contributed by atoms with Crippen molar-refractivity contribution >= 4 is 33.1 Å². The van der Waals surface area contributed by atoms with Gasteiger partial charge in [-0.2, -0.15) is 5.10 Å². The van der Waals surface area contributed by atoms with E-state index in [1.54, 1.807) is 38.1 Å². The topological polar surface area (TPSA) is 130 Å². The fourth-order valence-electron chi connectivity index (χ4n) is 2.53. The van der Waals surface area contributed by atoms with Gasteiger partial charge in [0.05, 0.1) is 10.9 Å². The van der Waals surface area contributed by atoms with Crippen LogP contribution in [0.1, 0.15) is 24.2 Å². The Morgan fingerprint density at radius 3 is 2.25 bits per heavy atom. The molecule has 0 fully saturated rings. The Morgan fingerprint density at radius 1 is 1.04 bits per heavy atom. The summed E-state index contributed by atoms with van der Waals surface area (Å²) in [7, 11) is -3.44. The van der Waals surface area contributed by atoms with Gasteiger partial charge < -0.3 is 11.1 Å². The summed E-state index contributed by atoms with van der Waals surface area (Å²) in [5, 5.41) is 9.51. The van der Waals surface area contributed by atoms with Crippen molar-refractivity contribution in [3.05, 3.63) is 60.2 Å². The van der Waals surface area contributed by atoms with E-state index in [1.807, 2.05) is 30.3 Å². The Bertz CT molecular complexity index is 1070. The van der Waals surface area contributed by atoms with Gasteiger partial charge in [-0.05, 0) is 38.1 Å². The van der Waals surface area contributed by atoms with E-state index in [4.69, 9.17) is 5.73 Å². The molecule has 0 saturated heterocycles. The predicted octanol–water partition coefficient (Wildman–Crippen LogP) is 3.07. The maximum atomic E-state index is 12.0. The number of rotatable bonds is 7. The third-order valence-electron chi connectivity index (χ3n) is 4.10. The molecule has 1 aromatic heterocycles. The number of amides is 1. The second kappa shape index (κ2) is 7.73. The summed E-state index contributed by atoms with van der Waals surface area (Å²) in [6.07, 6.45) is 0. The van der Waals surface area contributed by atoms with Crippen LogP contribution in [0.25, 0.3) is 11.3 Å². The summed E-state index contributed by atoms with van der Waals surface area (Å²) in [5.74, 6) is -0.315. The highest BCUT2D eigenvalue weighted by atomic mass is 32.2. The SMILES string of the molecule is CC(C)S(=O)(=O)Nc1ccc(-c2[nH]nc(Nc3ccccc3)c2C(N)=O)cc1. The summed E-state index contributed by atoms with van der Waals surface area (Å²) < 4.78 is 26.5. The molecular weight excluding hydrogens is 378 g/mol. The third-order valence-corrected chi connectivity index (χ3v) is 5.86. The van der Waals surface area contributed by atoms with Gasteiger partial charge in [-0.1, -0.05) is 30.3 Å². The number of para-hydroxylation sites is 1. The van der Waals surface area contributed by atoms with Crippen LogP contribution >= 0.6 is 0 Å². The monoisotopic (exact) mass is 399 g/mol. The molecule has 3 rings (SSSR count). The van der Waals surface area contributed by atoms with Crippen molar-refractivity contribution in [3.63, 3.8) is 0 Å². The minimum atomic E-state index is -3.44. The fourth-order valence-corrected chi connectivity index (χ4v) is 3.23. The van der Waals surface area contributed by atoms with Crippen molar-refractivity contribution in [3.8, 4) is 11.3 Å². The number of carbonyl (C=O) groups is 1. The Kier molecular flexibility index (Phi) is 5.36. The highest BCUT2D eigenvalue weighted by molar-refractivity contribution is 7.93. The molecule has 28 heavy (non-hydrogen) atoms. The molecule has 0 aliphatic carbocycles. The number of nitrogens with zero attached hydrogens (tertiary/aromatic N) is 1. The number of sulfonamides is 1. The van der Waals surface area contributed by atoms with Gasteiger partial charge in [0, 0.05) is 16.9 Å². The minimum absolute atomic E-state index is 0.222. The van der Waals surface area contributed by atoms with E-state index >= 15 is 0 Å². The van der Waals surface area contributed by atoms with Crippen LogP contribution in [0.15, 0.2) is 54.6 Å². The largest absolute Gasteiger partial charge is 0.365 e. The number of hydrogen-bond donors (Lipinski definition) is 4. The van der Waals surface area contributed by atoms with Gasteiger partial charge in [-0.3, -0.25) is 14.6 Å². The van der Waals surface area contributed by atoms with Crippen LogP contribution in [0, 0.1) is 0 Å². The van der Waals surface area contributed by atoms with Crippen LogP contribution in [-0.2, 0) is 10.0 Å². The van der Waals surface area contributed by atoms with E-state index in [2.05, 4.69) is 20.2 Å². The van der Waals surface area contributed by atoms with Crippen LogP contribution in [-0.4, -0.2) is 29.8 Å². The lowest BCUT2D eigenvalue weighted by Gasteiger charge is -2.11. The summed E-state index contributed by atoms with van der Waals surface area (Å²) in [6.45, 7) is 3.20. The summed E-state index contributed by atoms with van der Waals surface area (Å²) >= 11 is 0. The lowest BCUT2D eigenvalue weighted by molar-refractivity contribution is 0.100. The van der Waals surface area contributed by atoms with Gasteiger partial charge in [0.2, 0.25) is 10.0 Å². The van der Waals surface area contributed by atoms with Gasteiger partial charge in [0.15, 0.2) is 5.82 Å². The molecule has 9 heteroatoms. The Labute approximate surface area is 163 Å². The molecule has 1 amide bonds. The van der Waals surface area contributed by atoms with Gasteiger partial charge in [-0.15, -0.1) is 0 Å². The molecule has 1 heterocycles.